The Bertz CT molecular complexity index is 1030. The van der Waals surface area contributed by atoms with Crippen LogP contribution in [0, 0.1) is 0 Å². The third-order valence-electron chi connectivity index (χ3n) is 4.99. The molecule has 3 N–H and O–H groups in total. The standard InChI is InChI=1S/C20H24ClN7O2/c1-2-3-15-23-17-18(24-15)25-20(22)26-19(17)28-10-8-27(9-11-28)16(29)12-30-14-6-4-13(21)5-7-14/h4-7H,2-3,8-12H2,1H3,(H3,22,23,24,25,26). The molecule has 3 heterocycles. The van der Waals surface area contributed by atoms with Crippen LogP contribution in [0.1, 0.15) is 19.2 Å². The number of H-pyrrole nitrogens is 1. The molecule has 3 aromatic rings. The van der Waals surface area contributed by atoms with Gasteiger partial charge in [-0.15, -0.1) is 0 Å². The summed E-state index contributed by atoms with van der Waals surface area (Å²) >= 11 is 5.87. The lowest BCUT2D eigenvalue weighted by atomic mass is 10.3. The number of nitrogen functional groups attached to an aromatic ring is 1. The third-order valence-corrected chi connectivity index (χ3v) is 5.24. The summed E-state index contributed by atoms with van der Waals surface area (Å²) in [6.07, 6.45) is 1.82. The number of piperazine rings is 1. The second-order valence-electron chi connectivity index (χ2n) is 7.15. The number of hydrogen-bond acceptors (Lipinski definition) is 7. The van der Waals surface area contributed by atoms with Gasteiger partial charge in [0.05, 0.1) is 0 Å². The number of nitrogens with zero attached hydrogens (tertiary/aromatic N) is 5. The Labute approximate surface area is 179 Å². The Morgan fingerprint density at radius 3 is 2.60 bits per heavy atom. The smallest absolute Gasteiger partial charge is 0.260 e. The van der Waals surface area contributed by atoms with Crippen LogP contribution in [0.5, 0.6) is 5.75 Å². The summed E-state index contributed by atoms with van der Waals surface area (Å²) in [4.78, 5) is 32.9. The van der Waals surface area contributed by atoms with Gasteiger partial charge in [-0.1, -0.05) is 18.5 Å². The Hall–Kier alpha value is -3.07. The highest BCUT2D eigenvalue weighted by molar-refractivity contribution is 6.30. The van der Waals surface area contributed by atoms with Crippen LogP contribution in [0.15, 0.2) is 24.3 Å². The van der Waals surface area contributed by atoms with Crippen LogP contribution >= 0.6 is 11.6 Å². The van der Waals surface area contributed by atoms with Gasteiger partial charge in [-0.25, -0.2) is 4.98 Å². The number of carbonyl (C=O) groups excluding carboxylic acids is 1. The molecule has 0 atom stereocenters. The lowest BCUT2D eigenvalue weighted by Crippen LogP contribution is -2.50. The summed E-state index contributed by atoms with van der Waals surface area (Å²) in [5, 5.41) is 0.628. The van der Waals surface area contributed by atoms with E-state index in [4.69, 9.17) is 22.1 Å². The Morgan fingerprint density at radius 1 is 1.17 bits per heavy atom. The minimum absolute atomic E-state index is 0.00669. The van der Waals surface area contributed by atoms with Gasteiger partial charge < -0.3 is 25.3 Å². The number of amides is 1. The molecular weight excluding hydrogens is 406 g/mol. The molecule has 9 nitrogen and oxygen atoms in total. The maximum absolute atomic E-state index is 12.5. The van der Waals surface area contributed by atoms with Gasteiger partial charge in [0.1, 0.15) is 17.1 Å². The van der Waals surface area contributed by atoms with E-state index >= 15 is 0 Å². The Morgan fingerprint density at radius 2 is 1.90 bits per heavy atom. The molecule has 0 aliphatic carbocycles. The number of nitrogens with one attached hydrogen (secondary N) is 1. The molecule has 0 radical (unpaired) electrons. The zero-order valence-electron chi connectivity index (χ0n) is 16.8. The third kappa shape index (κ3) is 4.40. The first kappa shape index (κ1) is 20.2. The van der Waals surface area contributed by atoms with E-state index in [2.05, 4.69) is 31.8 Å². The summed E-state index contributed by atoms with van der Waals surface area (Å²) in [5.74, 6) is 2.37. The van der Waals surface area contributed by atoms with Gasteiger partial charge in [0.2, 0.25) is 5.95 Å². The van der Waals surface area contributed by atoms with E-state index in [1.54, 1.807) is 29.2 Å². The summed E-state index contributed by atoms with van der Waals surface area (Å²) in [6, 6.07) is 6.95. The number of aryl methyl sites for hydroxylation is 1. The van der Waals surface area contributed by atoms with E-state index in [0.29, 0.717) is 42.6 Å². The van der Waals surface area contributed by atoms with Gasteiger partial charge in [-0.2, -0.15) is 9.97 Å². The lowest BCUT2D eigenvalue weighted by Gasteiger charge is -2.35. The number of ether oxygens (including phenoxy) is 1. The molecule has 1 aliphatic heterocycles. The number of aromatic nitrogens is 4. The fourth-order valence-corrected chi connectivity index (χ4v) is 3.59. The molecule has 1 amide bonds. The van der Waals surface area contributed by atoms with Crippen molar-refractivity contribution < 1.29 is 9.53 Å². The van der Waals surface area contributed by atoms with Crippen LogP contribution in [0.4, 0.5) is 11.8 Å². The molecule has 0 spiro atoms. The van der Waals surface area contributed by atoms with E-state index in [1.165, 1.54) is 0 Å². The topological polar surface area (TPSA) is 113 Å². The van der Waals surface area contributed by atoms with Gasteiger partial charge in [-0.05, 0) is 30.7 Å². The van der Waals surface area contributed by atoms with Gasteiger partial charge in [0, 0.05) is 37.6 Å². The summed E-state index contributed by atoms with van der Waals surface area (Å²) < 4.78 is 5.57. The maximum Gasteiger partial charge on any atom is 0.260 e. The highest BCUT2D eigenvalue weighted by Crippen LogP contribution is 2.24. The van der Waals surface area contributed by atoms with Crippen molar-refractivity contribution >= 4 is 40.4 Å². The number of benzene rings is 1. The molecule has 1 saturated heterocycles. The first-order chi connectivity index (χ1) is 14.5. The number of nitrogens with two attached hydrogens (primary N) is 1. The zero-order valence-corrected chi connectivity index (χ0v) is 17.5. The molecule has 10 heteroatoms. The fourth-order valence-electron chi connectivity index (χ4n) is 3.47. The number of anilines is 2. The van der Waals surface area contributed by atoms with E-state index in [0.717, 1.165) is 30.0 Å². The highest BCUT2D eigenvalue weighted by atomic mass is 35.5. The molecular formula is C20H24ClN7O2. The molecule has 1 fully saturated rings. The fraction of sp³-hybridized carbons (Fsp3) is 0.400. The van der Waals surface area contributed by atoms with E-state index in [1.807, 2.05) is 0 Å². The van der Waals surface area contributed by atoms with Crippen LogP contribution in [0.25, 0.3) is 11.2 Å². The normalized spacial score (nSPS) is 14.3. The van der Waals surface area contributed by atoms with Crippen molar-refractivity contribution in [3.63, 3.8) is 0 Å². The van der Waals surface area contributed by atoms with Gasteiger partial charge in [0.15, 0.2) is 18.1 Å². The van der Waals surface area contributed by atoms with Gasteiger partial charge >= 0.3 is 0 Å². The Balaban J connectivity index is 1.39. The van der Waals surface area contributed by atoms with Crippen LogP contribution < -0.4 is 15.4 Å². The van der Waals surface area contributed by atoms with E-state index in [-0.39, 0.29) is 18.5 Å². The minimum atomic E-state index is -0.0521. The maximum atomic E-state index is 12.5. The average molecular weight is 430 g/mol. The minimum Gasteiger partial charge on any atom is -0.484 e. The van der Waals surface area contributed by atoms with E-state index in [9.17, 15) is 4.79 Å². The summed E-state index contributed by atoms with van der Waals surface area (Å²) in [5.41, 5.74) is 7.27. The number of hydrogen-bond donors (Lipinski definition) is 2. The summed E-state index contributed by atoms with van der Waals surface area (Å²) in [6.45, 7) is 4.52. The molecule has 0 bridgehead atoms. The van der Waals surface area contributed by atoms with Crippen molar-refractivity contribution in [2.45, 2.75) is 19.8 Å². The number of fused-ring (bicyclic) bond motifs is 1. The largest absolute Gasteiger partial charge is 0.484 e. The molecule has 0 saturated carbocycles. The molecule has 1 aliphatic rings. The molecule has 0 unspecified atom stereocenters. The number of imidazole rings is 1. The van der Waals surface area contributed by atoms with Gasteiger partial charge in [-0.3, -0.25) is 4.79 Å². The number of halogens is 1. The molecule has 1 aromatic carbocycles. The Kier molecular flexibility index (Phi) is 5.89. The van der Waals surface area contributed by atoms with Crippen LogP contribution in [0.3, 0.4) is 0 Å². The monoisotopic (exact) mass is 429 g/mol. The van der Waals surface area contributed by atoms with Crippen LogP contribution in [-0.2, 0) is 11.2 Å². The molecule has 2 aromatic heterocycles. The second kappa shape index (κ2) is 8.74. The lowest BCUT2D eigenvalue weighted by molar-refractivity contribution is -0.133. The van der Waals surface area contributed by atoms with E-state index < -0.39 is 0 Å². The van der Waals surface area contributed by atoms with Crippen molar-refractivity contribution in [1.29, 1.82) is 0 Å². The van der Waals surface area contributed by atoms with Crippen molar-refractivity contribution in [2.24, 2.45) is 0 Å². The van der Waals surface area contributed by atoms with Crippen LogP contribution in [0.2, 0.25) is 5.02 Å². The van der Waals surface area contributed by atoms with Crippen LogP contribution in [-0.4, -0.2) is 63.5 Å². The predicted molar refractivity (Wildman–Crippen MR) is 116 cm³/mol. The highest BCUT2D eigenvalue weighted by Gasteiger charge is 2.25. The molecule has 4 rings (SSSR count). The van der Waals surface area contributed by atoms with Crippen molar-refractivity contribution in [2.75, 3.05) is 43.4 Å². The quantitative estimate of drug-likeness (QED) is 0.617. The molecule has 30 heavy (non-hydrogen) atoms. The van der Waals surface area contributed by atoms with Crippen molar-refractivity contribution in [3.8, 4) is 5.75 Å². The first-order valence-corrected chi connectivity index (χ1v) is 10.3. The average Bonchev–Trinajstić information content (AvgIpc) is 3.15. The number of carbonyl (C=O) groups is 1. The van der Waals surface area contributed by atoms with Gasteiger partial charge in [0.25, 0.3) is 5.91 Å². The number of rotatable bonds is 6. The van der Waals surface area contributed by atoms with Crippen molar-refractivity contribution in [3.05, 3.63) is 35.1 Å². The number of aromatic amines is 1. The SMILES string of the molecule is CCCc1nc2nc(N)nc(N3CCN(C(=O)COc4ccc(Cl)cc4)CC3)c2[nH]1. The summed E-state index contributed by atoms with van der Waals surface area (Å²) in [7, 11) is 0. The zero-order chi connectivity index (χ0) is 21.1. The first-order valence-electron chi connectivity index (χ1n) is 9.96. The predicted octanol–water partition coefficient (Wildman–Crippen LogP) is 2.27. The molecule has 158 valence electrons. The van der Waals surface area contributed by atoms with Crippen molar-refractivity contribution in [1.82, 2.24) is 24.8 Å². The second-order valence-corrected chi connectivity index (χ2v) is 7.58.